The second kappa shape index (κ2) is 19.9. The maximum absolute atomic E-state index is 5.62. The number of hydrogen-bond donors (Lipinski definition) is 1. The lowest BCUT2D eigenvalue weighted by Gasteiger charge is -2.09. The van der Waals surface area contributed by atoms with E-state index in [4.69, 9.17) is 34.2 Å². The summed E-state index contributed by atoms with van der Waals surface area (Å²) in [6.07, 6.45) is 4.93. The predicted octanol–water partition coefficient (Wildman–Crippen LogP) is 3.31. The number of anilines is 1. The third-order valence-corrected chi connectivity index (χ3v) is 4.01. The van der Waals surface area contributed by atoms with E-state index in [1.54, 1.807) is 0 Å². The Hall–Kier alpha value is -1.38. The van der Waals surface area contributed by atoms with Crippen molar-refractivity contribution in [3.8, 4) is 5.75 Å². The number of unbranched alkanes of at least 4 members (excludes halogenated alkanes) is 3. The van der Waals surface area contributed by atoms with E-state index in [9.17, 15) is 0 Å². The van der Waals surface area contributed by atoms with Gasteiger partial charge >= 0.3 is 0 Å². The molecular formula is C22H39NO6. The van der Waals surface area contributed by atoms with Gasteiger partial charge in [0.05, 0.1) is 59.5 Å². The minimum absolute atomic E-state index is 0.497. The van der Waals surface area contributed by atoms with Gasteiger partial charge in [-0.05, 0) is 30.7 Å². The molecule has 0 heterocycles. The third-order valence-electron chi connectivity index (χ3n) is 4.01. The monoisotopic (exact) mass is 413 g/mol. The number of rotatable bonds is 21. The van der Waals surface area contributed by atoms with Crippen LogP contribution in [-0.4, -0.2) is 72.7 Å². The van der Waals surface area contributed by atoms with Crippen molar-refractivity contribution in [1.29, 1.82) is 0 Å². The molecule has 0 fully saturated rings. The van der Waals surface area contributed by atoms with Crippen LogP contribution < -0.4 is 10.5 Å². The fourth-order valence-corrected chi connectivity index (χ4v) is 2.40. The third kappa shape index (κ3) is 17.2. The zero-order valence-electron chi connectivity index (χ0n) is 17.9. The van der Waals surface area contributed by atoms with Crippen LogP contribution in [0.3, 0.4) is 0 Å². The van der Waals surface area contributed by atoms with Gasteiger partial charge in [-0.15, -0.1) is 0 Å². The van der Waals surface area contributed by atoms with E-state index < -0.39 is 0 Å². The van der Waals surface area contributed by atoms with Gasteiger partial charge in [0.1, 0.15) is 12.4 Å². The van der Waals surface area contributed by atoms with E-state index in [-0.39, 0.29) is 0 Å². The second-order valence-electron chi connectivity index (χ2n) is 6.54. The molecule has 0 unspecified atom stereocenters. The minimum Gasteiger partial charge on any atom is -0.491 e. The van der Waals surface area contributed by atoms with E-state index in [0.717, 1.165) is 24.5 Å². The SMILES string of the molecule is CCCCCCOCCOCCOCCOCCOCCOc1ccc(N)cc1. The van der Waals surface area contributed by atoms with Crippen LogP contribution in [0.25, 0.3) is 0 Å². The molecule has 0 aliphatic carbocycles. The van der Waals surface area contributed by atoms with Crippen molar-refractivity contribution in [2.24, 2.45) is 0 Å². The number of hydrogen-bond acceptors (Lipinski definition) is 7. The van der Waals surface area contributed by atoms with Crippen LogP contribution in [-0.2, 0) is 23.7 Å². The lowest BCUT2D eigenvalue weighted by atomic mass is 10.2. The van der Waals surface area contributed by atoms with Gasteiger partial charge in [-0.25, -0.2) is 0 Å². The van der Waals surface area contributed by atoms with Gasteiger partial charge in [-0.3, -0.25) is 0 Å². The molecule has 7 nitrogen and oxygen atoms in total. The summed E-state index contributed by atoms with van der Waals surface area (Å²) in [5.41, 5.74) is 6.34. The van der Waals surface area contributed by atoms with E-state index >= 15 is 0 Å². The molecule has 0 atom stereocenters. The van der Waals surface area contributed by atoms with Crippen molar-refractivity contribution < 1.29 is 28.4 Å². The Balaban J connectivity index is 1.69. The number of ether oxygens (including phenoxy) is 6. The summed E-state index contributed by atoms with van der Waals surface area (Å²) in [6.45, 7) is 8.65. The summed E-state index contributed by atoms with van der Waals surface area (Å²) in [5, 5.41) is 0. The molecule has 1 rings (SSSR count). The highest BCUT2D eigenvalue weighted by Gasteiger charge is 1.96. The van der Waals surface area contributed by atoms with Gasteiger partial charge in [0.25, 0.3) is 0 Å². The fraction of sp³-hybridized carbons (Fsp3) is 0.727. The Morgan fingerprint density at radius 3 is 1.48 bits per heavy atom. The average Bonchev–Trinajstić information content (AvgIpc) is 2.73. The molecule has 0 aromatic heterocycles. The van der Waals surface area contributed by atoms with Gasteiger partial charge in [-0.2, -0.15) is 0 Å². The van der Waals surface area contributed by atoms with Crippen molar-refractivity contribution in [2.45, 2.75) is 32.6 Å². The lowest BCUT2D eigenvalue weighted by molar-refractivity contribution is -0.0128. The molecule has 0 bridgehead atoms. The van der Waals surface area contributed by atoms with Gasteiger partial charge in [0, 0.05) is 12.3 Å². The molecule has 0 aliphatic heterocycles. The average molecular weight is 414 g/mol. The first-order valence-corrected chi connectivity index (χ1v) is 10.7. The Morgan fingerprint density at radius 2 is 1.00 bits per heavy atom. The molecule has 1 aromatic rings. The van der Waals surface area contributed by atoms with Crippen LogP contribution in [0.5, 0.6) is 5.75 Å². The highest BCUT2D eigenvalue weighted by atomic mass is 16.6. The van der Waals surface area contributed by atoms with E-state index in [1.807, 2.05) is 24.3 Å². The molecule has 0 saturated heterocycles. The Labute approximate surface area is 175 Å². The molecule has 168 valence electrons. The van der Waals surface area contributed by atoms with Crippen LogP contribution in [0.15, 0.2) is 24.3 Å². The molecule has 7 heteroatoms. The quantitative estimate of drug-likeness (QED) is 0.245. The maximum Gasteiger partial charge on any atom is 0.119 e. The molecule has 0 spiro atoms. The Kier molecular flexibility index (Phi) is 17.6. The molecule has 1 aromatic carbocycles. The van der Waals surface area contributed by atoms with Crippen molar-refractivity contribution >= 4 is 5.69 Å². The molecule has 0 amide bonds. The van der Waals surface area contributed by atoms with Crippen molar-refractivity contribution in [3.63, 3.8) is 0 Å². The summed E-state index contributed by atoms with van der Waals surface area (Å²) in [7, 11) is 0. The van der Waals surface area contributed by atoms with Crippen molar-refractivity contribution in [2.75, 3.05) is 78.4 Å². The van der Waals surface area contributed by atoms with Crippen LogP contribution in [0.1, 0.15) is 32.6 Å². The van der Waals surface area contributed by atoms with Crippen molar-refractivity contribution in [3.05, 3.63) is 24.3 Å². The first kappa shape index (κ1) is 25.7. The molecule has 0 radical (unpaired) electrons. The first-order valence-electron chi connectivity index (χ1n) is 10.7. The standard InChI is InChI=1S/C22H39NO6/c1-2-3-4-5-10-24-11-12-25-13-14-26-15-16-27-17-18-28-19-20-29-22-8-6-21(23)7-9-22/h6-9H,2-5,10-20,23H2,1H3. The normalized spacial score (nSPS) is 11.1. The largest absolute Gasteiger partial charge is 0.491 e. The van der Waals surface area contributed by atoms with Gasteiger partial charge in [-0.1, -0.05) is 26.2 Å². The first-order chi connectivity index (χ1) is 14.3. The zero-order valence-corrected chi connectivity index (χ0v) is 17.9. The van der Waals surface area contributed by atoms with E-state index in [2.05, 4.69) is 6.92 Å². The van der Waals surface area contributed by atoms with Crippen LogP contribution >= 0.6 is 0 Å². The number of benzene rings is 1. The Morgan fingerprint density at radius 1 is 0.552 bits per heavy atom. The van der Waals surface area contributed by atoms with Gasteiger partial charge < -0.3 is 34.2 Å². The van der Waals surface area contributed by atoms with Gasteiger partial charge in [0.15, 0.2) is 0 Å². The zero-order chi connectivity index (χ0) is 20.8. The maximum atomic E-state index is 5.62. The fourth-order valence-electron chi connectivity index (χ4n) is 2.40. The molecule has 29 heavy (non-hydrogen) atoms. The van der Waals surface area contributed by atoms with Crippen molar-refractivity contribution in [1.82, 2.24) is 0 Å². The predicted molar refractivity (Wildman–Crippen MR) is 115 cm³/mol. The van der Waals surface area contributed by atoms with E-state index in [1.165, 1.54) is 19.3 Å². The van der Waals surface area contributed by atoms with Crippen LogP contribution in [0.2, 0.25) is 0 Å². The minimum atomic E-state index is 0.497. The highest BCUT2D eigenvalue weighted by molar-refractivity contribution is 5.41. The van der Waals surface area contributed by atoms with Gasteiger partial charge in [0.2, 0.25) is 0 Å². The topological polar surface area (TPSA) is 81.4 Å². The van der Waals surface area contributed by atoms with Crippen LogP contribution in [0.4, 0.5) is 5.69 Å². The number of nitrogen functional groups attached to an aromatic ring is 1. The van der Waals surface area contributed by atoms with E-state index in [0.29, 0.717) is 66.1 Å². The smallest absolute Gasteiger partial charge is 0.119 e. The highest BCUT2D eigenvalue weighted by Crippen LogP contribution is 2.12. The summed E-state index contributed by atoms with van der Waals surface area (Å²) in [6, 6.07) is 7.30. The number of nitrogens with two attached hydrogens (primary N) is 1. The molecule has 0 saturated carbocycles. The molecular weight excluding hydrogens is 374 g/mol. The molecule has 0 aliphatic rings. The second-order valence-corrected chi connectivity index (χ2v) is 6.54. The lowest BCUT2D eigenvalue weighted by Crippen LogP contribution is -2.14. The summed E-state index contributed by atoms with van der Waals surface area (Å²) in [5.74, 6) is 0.787. The summed E-state index contributed by atoms with van der Waals surface area (Å²) in [4.78, 5) is 0. The Bertz CT molecular complexity index is 457. The molecule has 2 N–H and O–H groups in total. The van der Waals surface area contributed by atoms with Crippen LogP contribution in [0, 0.1) is 0 Å². The summed E-state index contributed by atoms with van der Waals surface area (Å²) < 4.78 is 32.8. The summed E-state index contributed by atoms with van der Waals surface area (Å²) >= 11 is 0.